The average molecular weight is 376 g/mol. The maximum atomic E-state index is 11.7. The van der Waals surface area contributed by atoms with Crippen LogP contribution in [0.25, 0.3) is 0 Å². The molecule has 2 amide bonds. The Morgan fingerprint density at radius 2 is 0.964 bits per heavy atom. The van der Waals surface area contributed by atoms with Crippen molar-refractivity contribution in [1.29, 1.82) is 0 Å². The van der Waals surface area contributed by atoms with Crippen molar-refractivity contribution in [2.24, 2.45) is 10.3 Å². The van der Waals surface area contributed by atoms with Gasteiger partial charge >= 0.3 is 12.2 Å². The molecule has 0 unspecified atom stereocenters. The molecular weight excluding hydrogens is 360 g/mol. The Morgan fingerprint density at radius 3 is 1.32 bits per heavy atom. The van der Waals surface area contributed by atoms with Gasteiger partial charge in [0.1, 0.15) is 11.4 Å². The lowest BCUT2D eigenvalue weighted by atomic mass is 10.1. The second kappa shape index (κ2) is 9.48. The van der Waals surface area contributed by atoms with E-state index in [0.717, 1.165) is 0 Å². The Labute approximate surface area is 160 Å². The molecule has 1 aliphatic rings. The third kappa shape index (κ3) is 5.95. The van der Waals surface area contributed by atoms with E-state index in [9.17, 15) is 9.59 Å². The molecule has 2 aromatic rings. The molecule has 0 spiro atoms. The number of para-hydroxylation sites is 2. The van der Waals surface area contributed by atoms with E-state index in [2.05, 4.69) is 20.9 Å². The third-order valence-electron chi connectivity index (χ3n) is 3.36. The van der Waals surface area contributed by atoms with E-state index >= 15 is 0 Å². The number of nitrogens with one attached hydrogen (secondary N) is 2. The predicted molar refractivity (Wildman–Crippen MR) is 106 cm³/mol. The Morgan fingerprint density at radius 1 is 0.607 bits per heavy atom. The van der Waals surface area contributed by atoms with Gasteiger partial charge in [0.2, 0.25) is 0 Å². The van der Waals surface area contributed by atoms with Gasteiger partial charge in [0.25, 0.3) is 0 Å². The molecule has 3 rings (SSSR count). The van der Waals surface area contributed by atoms with Crippen LogP contribution in [-0.4, -0.2) is 23.6 Å². The first-order valence-corrected chi connectivity index (χ1v) is 8.27. The minimum absolute atomic E-state index is 0.399. The van der Waals surface area contributed by atoms with Gasteiger partial charge in [0.05, 0.1) is 0 Å². The number of rotatable bonds is 4. The average Bonchev–Trinajstić information content (AvgIpc) is 2.73. The van der Waals surface area contributed by atoms with E-state index in [0.29, 0.717) is 22.8 Å². The van der Waals surface area contributed by atoms with Crippen LogP contribution in [0.4, 0.5) is 21.0 Å². The molecule has 0 heterocycles. The Balaban J connectivity index is 1.46. The Bertz CT molecular complexity index is 855. The first-order valence-electron chi connectivity index (χ1n) is 8.27. The molecule has 0 fully saturated rings. The van der Waals surface area contributed by atoms with Crippen LogP contribution in [0.1, 0.15) is 0 Å². The number of benzene rings is 2. The summed E-state index contributed by atoms with van der Waals surface area (Å²) in [6, 6.07) is 17.7. The van der Waals surface area contributed by atoms with Crippen molar-refractivity contribution in [3.8, 4) is 0 Å². The Hall–Kier alpha value is -4.20. The number of oxime groups is 2. The SMILES string of the molecule is O=C(Nc1ccccc1)ON=C1C=CC(=NOC(=O)Nc2ccccc2)C=C1. The van der Waals surface area contributed by atoms with Crippen molar-refractivity contribution in [1.82, 2.24) is 0 Å². The third-order valence-corrected chi connectivity index (χ3v) is 3.36. The van der Waals surface area contributed by atoms with Gasteiger partial charge in [-0.2, -0.15) is 0 Å². The lowest BCUT2D eigenvalue weighted by Gasteiger charge is -2.04. The second-order valence-electron chi connectivity index (χ2n) is 5.44. The summed E-state index contributed by atoms with van der Waals surface area (Å²) in [4.78, 5) is 32.9. The van der Waals surface area contributed by atoms with E-state index in [-0.39, 0.29) is 0 Å². The smallest absolute Gasteiger partial charge is 0.297 e. The predicted octanol–water partition coefficient (Wildman–Crippen LogP) is 4.32. The van der Waals surface area contributed by atoms with E-state index in [1.54, 1.807) is 72.8 Å². The van der Waals surface area contributed by atoms with E-state index in [4.69, 9.17) is 9.68 Å². The minimum atomic E-state index is -0.708. The summed E-state index contributed by atoms with van der Waals surface area (Å²) < 4.78 is 0. The van der Waals surface area contributed by atoms with Crippen LogP contribution in [0.2, 0.25) is 0 Å². The largest absolute Gasteiger partial charge is 0.437 e. The zero-order valence-electron chi connectivity index (χ0n) is 14.6. The number of amides is 2. The van der Waals surface area contributed by atoms with Crippen molar-refractivity contribution >= 4 is 35.0 Å². The summed E-state index contributed by atoms with van der Waals surface area (Å²) in [5.74, 6) is 0. The van der Waals surface area contributed by atoms with Gasteiger partial charge in [-0.3, -0.25) is 20.3 Å². The van der Waals surface area contributed by atoms with Crippen molar-refractivity contribution in [2.45, 2.75) is 0 Å². The van der Waals surface area contributed by atoms with Crippen LogP contribution in [-0.2, 0) is 9.68 Å². The molecule has 1 aliphatic carbocycles. The number of hydrogen-bond acceptors (Lipinski definition) is 6. The quantitative estimate of drug-likeness (QED) is 0.471. The summed E-state index contributed by atoms with van der Waals surface area (Å²) >= 11 is 0. The fraction of sp³-hybridized carbons (Fsp3) is 0. The number of anilines is 2. The van der Waals surface area contributed by atoms with Crippen LogP contribution < -0.4 is 10.6 Å². The molecule has 0 radical (unpaired) electrons. The molecule has 140 valence electrons. The van der Waals surface area contributed by atoms with E-state index in [1.807, 2.05) is 12.1 Å². The summed E-state index contributed by atoms with van der Waals surface area (Å²) in [5.41, 5.74) is 2.00. The number of nitrogens with zero attached hydrogens (tertiary/aromatic N) is 2. The summed E-state index contributed by atoms with van der Waals surface area (Å²) in [7, 11) is 0. The summed E-state index contributed by atoms with van der Waals surface area (Å²) in [5, 5.41) is 12.5. The second-order valence-corrected chi connectivity index (χ2v) is 5.44. The Kier molecular flexibility index (Phi) is 6.30. The zero-order chi connectivity index (χ0) is 19.6. The first kappa shape index (κ1) is 18.6. The summed E-state index contributed by atoms with van der Waals surface area (Å²) in [6.07, 6.45) is 4.84. The molecule has 0 aromatic heterocycles. The molecule has 0 aliphatic heterocycles. The van der Waals surface area contributed by atoms with Gasteiger partial charge in [-0.25, -0.2) is 9.59 Å². The number of carbonyl (C=O) groups excluding carboxylic acids is 2. The maximum absolute atomic E-state index is 11.7. The zero-order valence-corrected chi connectivity index (χ0v) is 14.6. The maximum Gasteiger partial charge on any atom is 0.437 e. The highest BCUT2D eigenvalue weighted by Crippen LogP contribution is 2.07. The molecule has 2 N–H and O–H groups in total. The van der Waals surface area contributed by atoms with Gasteiger partial charge in [0, 0.05) is 11.4 Å². The normalized spacial score (nSPS) is 12.1. The molecule has 0 saturated heterocycles. The number of allylic oxidation sites excluding steroid dienone is 4. The number of carbonyl (C=O) groups is 2. The molecule has 0 bridgehead atoms. The fourth-order valence-electron chi connectivity index (χ4n) is 2.09. The molecule has 28 heavy (non-hydrogen) atoms. The van der Waals surface area contributed by atoms with Gasteiger partial charge < -0.3 is 0 Å². The number of hydrogen-bond donors (Lipinski definition) is 2. The van der Waals surface area contributed by atoms with Crippen LogP contribution in [0, 0.1) is 0 Å². The standard InChI is InChI=1S/C20H16N4O4/c25-19(21-15-7-3-1-4-8-15)27-23-17-11-13-18(14-12-17)24-28-20(26)22-16-9-5-2-6-10-16/h1-14H,(H,21,25)(H,22,26). The first-order chi connectivity index (χ1) is 13.7. The monoisotopic (exact) mass is 376 g/mol. The fourth-order valence-corrected chi connectivity index (χ4v) is 2.09. The highest BCUT2D eigenvalue weighted by molar-refractivity contribution is 6.18. The van der Waals surface area contributed by atoms with Gasteiger partial charge in [0.15, 0.2) is 0 Å². The topological polar surface area (TPSA) is 101 Å². The lowest BCUT2D eigenvalue weighted by Crippen LogP contribution is -2.13. The molecule has 8 heteroatoms. The van der Waals surface area contributed by atoms with E-state index in [1.165, 1.54) is 0 Å². The molecule has 0 atom stereocenters. The van der Waals surface area contributed by atoms with Crippen LogP contribution >= 0.6 is 0 Å². The highest BCUT2D eigenvalue weighted by Gasteiger charge is 2.06. The van der Waals surface area contributed by atoms with Gasteiger partial charge in [-0.15, -0.1) is 0 Å². The molecule has 2 aromatic carbocycles. The van der Waals surface area contributed by atoms with Gasteiger partial charge in [-0.05, 0) is 48.6 Å². The minimum Gasteiger partial charge on any atom is -0.297 e. The van der Waals surface area contributed by atoms with Crippen molar-refractivity contribution in [3.05, 3.63) is 85.0 Å². The molecule has 8 nitrogen and oxygen atoms in total. The van der Waals surface area contributed by atoms with Crippen LogP contribution in [0.5, 0.6) is 0 Å². The van der Waals surface area contributed by atoms with Crippen LogP contribution in [0.15, 0.2) is 95.3 Å². The highest BCUT2D eigenvalue weighted by atomic mass is 16.7. The van der Waals surface area contributed by atoms with Crippen molar-refractivity contribution in [3.63, 3.8) is 0 Å². The van der Waals surface area contributed by atoms with Crippen molar-refractivity contribution in [2.75, 3.05) is 10.6 Å². The lowest BCUT2D eigenvalue weighted by molar-refractivity contribution is 0.165. The summed E-state index contributed by atoms with van der Waals surface area (Å²) in [6.45, 7) is 0. The van der Waals surface area contributed by atoms with Gasteiger partial charge in [-0.1, -0.05) is 46.7 Å². The molecular formula is C20H16N4O4. The van der Waals surface area contributed by atoms with Crippen LogP contribution in [0.3, 0.4) is 0 Å². The van der Waals surface area contributed by atoms with Crippen molar-refractivity contribution < 1.29 is 19.3 Å². The molecule has 0 saturated carbocycles. The van der Waals surface area contributed by atoms with E-state index < -0.39 is 12.2 Å².